The summed E-state index contributed by atoms with van der Waals surface area (Å²) in [5.74, 6) is 1.55. The van der Waals surface area contributed by atoms with Crippen LogP contribution in [0.15, 0.2) is 30.3 Å². The molecule has 1 aromatic rings. The minimum atomic E-state index is 0.403. The summed E-state index contributed by atoms with van der Waals surface area (Å²) in [5.41, 5.74) is 1.34. The molecule has 2 unspecified atom stereocenters. The van der Waals surface area contributed by atoms with E-state index < -0.39 is 0 Å². The van der Waals surface area contributed by atoms with Gasteiger partial charge >= 0.3 is 0 Å². The van der Waals surface area contributed by atoms with E-state index in [-0.39, 0.29) is 0 Å². The Morgan fingerprint density at radius 1 is 1.33 bits per heavy atom. The van der Waals surface area contributed by atoms with Crippen LogP contribution >= 0.6 is 0 Å². The van der Waals surface area contributed by atoms with Gasteiger partial charge in [0, 0.05) is 12.3 Å². The van der Waals surface area contributed by atoms with E-state index in [1.54, 1.807) is 0 Å². The minimum Gasteiger partial charge on any atom is -0.299 e. The highest BCUT2D eigenvalue weighted by Crippen LogP contribution is 2.39. The lowest BCUT2D eigenvalue weighted by Gasteiger charge is -2.00. The van der Waals surface area contributed by atoms with Crippen LogP contribution in [0.2, 0.25) is 0 Å². The first-order valence-corrected chi connectivity index (χ1v) is 5.84. The molecule has 1 saturated carbocycles. The van der Waals surface area contributed by atoms with Gasteiger partial charge in [-0.05, 0) is 30.7 Å². The lowest BCUT2D eigenvalue weighted by molar-refractivity contribution is -0.120. The summed E-state index contributed by atoms with van der Waals surface area (Å²) in [6.45, 7) is 2.17. The van der Waals surface area contributed by atoms with Crippen molar-refractivity contribution >= 4 is 5.78 Å². The molecule has 1 aromatic carbocycles. The normalized spacial score (nSPS) is 23.8. The van der Waals surface area contributed by atoms with Crippen molar-refractivity contribution in [1.82, 2.24) is 0 Å². The zero-order valence-electron chi connectivity index (χ0n) is 9.28. The lowest BCUT2D eigenvalue weighted by Crippen LogP contribution is -2.02. The van der Waals surface area contributed by atoms with Crippen LogP contribution in [0.1, 0.15) is 31.7 Å². The third-order valence-electron chi connectivity index (χ3n) is 3.25. The number of hydrogen-bond donors (Lipinski definition) is 0. The van der Waals surface area contributed by atoms with E-state index in [1.807, 2.05) is 6.07 Å². The first kappa shape index (κ1) is 10.4. The van der Waals surface area contributed by atoms with Crippen LogP contribution in [-0.2, 0) is 11.2 Å². The molecule has 2 atom stereocenters. The molecular weight excluding hydrogens is 184 g/mol. The van der Waals surface area contributed by atoms with E-state index in [4.69, 9.17) is 0 Å². The van der Waals surface area contributed by atoms with Gasteiger partial charge in [0.1, 0.15) is 5.78 Å². The Morgan fingerprint density at radius 2 is 2.00 bits per heavy atom. The van der Waals surface area contributed by atoms with Gasteiger partial charge in [0.15, 0.2) is 0 Å². The average molecular weight is 202 g/mol. The number of aryl methyl sites for hydroxylation is 1. The highest BCUT2D eigenvalue weighted by molar-refractivity contribution is 5.83. The van der Waals surface area contributed by atoms with Gasteiger partial charge < -0.3 is 0 Å². The molecule has 0 bridgehead atoms. The molecule has 0 aromatic heterocycles. The Morgan fingerprint density at radius 3 is 2.60 bits per heavy atom. The van der Waals surface area contributed by atoms with Crippen molar-refractivity contribution in [2.24, 2.45) is 11.8 Å². The molecule has 1 fully saturated rings. The van der Waals surface area contributed by atoms with Crippen LogP contribution < -0.4 is 0 Å². The van der Waals surface area contributed by atoms with E-state index in [9.17, 15) is 4.79 Å². The number of ketones is 1. The minimum absolute atomic E-state index is 0.403. The van der Waals surface area contributed by atoms with Crippen LogP contribution in [0.3, 0.4) is 0 Å². The second-order valence-electron chi connectivity index (χ2n) is 4.62. The zero-order chi connectivity index (χ0) is 10.7. The van der Waals surface area contributed by atoms with Crippen LogP contribution in [0.25, 0.3) is 0 Å². The predicted octanol–water partition coefficient (Wildman–Crippen LogP) is 3.23. The fourth-order valence-corrected chi connectivity index (χ4v) is 2.07. The largest absolute Gasteiger partial charge is 0.299 e. The first-order valence-electron chi connectivity index (χ1n) is 5.84. The second-order valence-corrected chi connectivity index (χ2v) is 4.62. The fourth-order valence-electron chi connectivity index (χ4n) is 2.07. The summed E-state index contributed by atoms with van der Waals surface area (Å²) < 4.78 is 0. The van der Waals surface area contributed by atoms with E-state index in [1.165, 1.54) is 5.56 Å². The van der Waals surface area contributed by atoms with Crippen LogP contribution in [0.4, 0.5) is 0 Å². The van der Waals surface area contributed by atoms with Gasteiger partial charge in [0.25, 0.3) is 0 Å². The molecule has 1 aliphatic rings. The summed E-state index contributed by atoms with van der Waals surface area (Å²) in [6, 6.07) is 10.4. The maximum Gasteiger partial charge on any atom is 0.136 e. The molecule has 1 nitrogen and oxygen atoms in total. The number of hydrogen-bond acceptors (Lipinski definition) is 1. The van der Waals surface area contributed by atoms with Crippen molar-refractivity contribution < 1.29 is 4.79 Å². The number of Topliss-reactive ketones (excluding diaryl/α,β-unsaturated/α-hetero) is 1. The molecule has 0 spiro atoms. The third kappa shape index (κ3) is 2.92. The van der Waals surface area contributed by atoms with Crippen LogP contribution in [0.5, 0.6) is 0 Å². The second kappa shape index (κ2) is 4.61. The van der Waals surface area contributed by atoms with Crippen molar-refractivity contribution in [3.63, 3.8) is 0 Å². The monoisotopic (exact) mass is 202 g/mol. The highest BCUT2D eigenvalue weighted by atomic mass is 16.1. The smallest absolute Gasteiger partial charge is 0.136 e. The molecule has 2 rings (SSSR count). The Hall–Kier alpha value is -1.11. The molecule has 0 saturated heterocycles. The highest BCUT2D eigenvalue weighted by Gasteiger charge is 2.37. The Labute approximate surface area is 91.5 Å². The molecule has 80 valence electrons. The quantitative estimate of drug-likeness (QED) is 0.716. The SMILES string of the molecule is CC1CC1C(=O)CCCc1ccccc1. The fraction of sp³-hybridized carbons (Fsp3) is 0.500. The molecule has 15 heavy (non-hydrogen) atoms. The molecule has 0 N–H and O–H groups in total. The molecule has 0 aliphatic heterocycles. The summed E-state index contributed by atoms with van der Waals surface area (Å²) in [5, 5.41) is 0. The Kier molecular flexibility index (Phi) is 3.20. The molecule has 1 aliphatic carbocycles. The molecule has 0 amide bonds. The van der Waals surface area contributed by atoms with E-state index >= 15 is 0 Å². The van der Waals surface area contributed by atoms with Gasteiger partial charge in [0.05, 0.1) is 0 Å². The lowest BCUT2D eigenvalue weighted by atomic mass is 10.0. The predicted molar refractivity (Wildman–Crippen MR) is 61.7 cm³/mol. The first-order chi connectivity index (χ1) is 7.27. The summed E-state index contributed by atoms with van der Waals surface area (Å²) in [4.78, 5) is 11.6. The Bertz CT molecular complexity index is 328. The van der Waals surface area contributed by atoms with Crippen molar-refractivity contribution in [2.45, 2.75) is 32.6 Å². The summed E-state index contributed by atoms with van der Waals surface area (Å²) in [6.07, 6.45) is 3.94. The van der Waals surface area contributed by atoms with E-state index in [0.29, 0.717) is 17.6 Å². The maximum absolute atomic E-state index is 11.6. The van der Waals surface area contributed by atoms with Crippen molar-refractivity contribution in [1.29, 1.82) is 0 Å². The van der Waals surface area contributed by atoms with Gasteiger partial charge in [0.2, 0.25) is 0 Å². The molecule has 0 radical (unpaired) electrons. The van der Waals surface area contributed by atoms with Gasteiger partial charge in [-0.25, -0.2) is 0 Å². The van der Waals surface area contributed by atoms with Gasteiger partial charge in [-0.3, -0.25) is 4.79 Å². The third-order valence-corrected chi connectivity index (χ3v) is 3.25. The number of rotatable bonds is 5. The number of carbonyl (C=O) groups is 1. The standard InChI is InChI=1S/C14H18O/c1-11-10-13(11)14(15)9-5-8-12-6-3-2-4-7-12/h2-4,6-7,11,13H,5,8-10H2,1H3. The summed E-state index contributed by atoms with van der Waals surface area (Å²) >= 11 is 0. The van der Waals surface area contributed by atoms with E-state index in [2.05, 4.69) is 31.2 Å². The van der Waals surface area contributed by atoms with Gasteiger partial charge in [-0.15, -0.1) is 0 Å². The van der Waals surface area contributed by atoms with Gasteiger partial charge in [-0.1, -0.05) is 37.3 Å². The number of carbonyl (C=O) groups excluding carboxylic acids is 1. The van der Waals surface area contributed by atoms with Crippen LogP contribution in [0, 0.1) is 11.8 Å². The topological polar surface area (TPSA) is 17.1 Å². The van der Waals surface area contributed by atoms with Crippen molar-refractivity contribution in [3.05, 3.63) is 35.9 Å². The molecule has 0 heterocycles. The van der Waals surface area contributed by atoms with Crippen molar-refractivity contribution in [3.8, 4) is 0 Å². The van der Waals surface area contributed by atoms with E-state index in [0.717, 1.165) is 25.7 Å². The zero-order valence-corrected chi connectivity index (χ0v) is 9.28. The summed E-state index contributed by atoms with van der Waals surface area (Å²) in [7, 11) is 0. The number of benzene rings is 1. The van der Waals surface area contributed by atoms with Crippen molar-refractivity contribution in [2.75, 3.05) is 0 Å². The maximum atomic E-state index is 11.6. The average Bonchev–Trinajstić information content (AvgIpc) is 2.97. The van der Waals surface area contributed by atoms with Crippen LogP contribution in [-0.4, -0.2) is 5.78 Å². The Balaban J connectivity index is 1.69. The molecular formula is C14H18O. The van der Waals surface area contributed by atoms with Gasteiger partial charge in [-0.2, -0.15) is 0 Å². The molecule has 1 heteroatoms.